The molecule has 102 valence electrons. The van der Waals surface area contributed by atoms with Crippen molar-refractivity contribution in [3.63, 3.8) is 0 Å². The summed E-state index contributed by atoms with van der Waals surface area (Å²) in [5, 5.41) is 20.3. The van der Waals surface area contributed by atoms with Crippen LogP contribution in [0, 0.1) is 6.92 Å². The molecule has 1 aromatic rings. The minimum Gasteiger partial charge on any atom is -0.508 e. The number of nitrogens with two attached hydrogens (primary N) is 1. The molecule has 0 spiro atoms. The zero-order chi connectivity index (χ0) is 14.6. The van der Waals surface area contributed by atoms with Gasteiger partial charge in [0.25, 0.3) is 5.91 Å². The molecule has 7 nitrogen and oxygen atoms in total. The Kier molecular flexibility index (Phi) is 4.46. The zero-order valence-corrected chi connectivity index (χ0v) is 10.2. The first-order valence-electron chi connectivity index (χ1n) is 5.43. The number of aliphatic carboxylic acids is 1. The standard InChI is InChI=1S/C12H14N2O5/c1-6-4-7(15)2-3-8(6)11(17)14-9(12(18)19)5-10(13)16/h2-4,9,15H,5H2,1H3,(H2,13,16)(H,14,17)(H,18,19)/t9-/m0/s1. The largest absolute Gasteiger partial charge is 0.508 e. The smallest absolute Gasteiger partial charge is 0.326 e. The average molecular weight is 266 g/mol. The second-order valence-corrected chi connectivity index (χ2v) is 4.03. The molecule has 0 bridgehead atoms. The number of primary amides is 1. The van der Waals surface area contributed by atoms with E-state index in [0.717, 1.165) is 0 Å². The third kappa shape index (κ3) is 3.98. The van der Waals surface area contributed by atoms with Crippen molar-refractivity contribution in [2.24, 2.45) is 5.73 Å². The molecule has 2 amide bonds. The van der Waals surface area contributed by atoms with Crippen LogP contribution < -0.4 is 11.1 Å². The summed E-state index contributed by atoms with van der Waals surface area (Å²) < 4.78 is 0. The van der Waals surface area contributed by atoms with Gasteiger partial charge in [0.2, 0.25) is 5.91 Å². The predicted octanol–water partition coefficient (Wildman–Crippen LogP) is -0.241. The number of hydrogen-bond donors (Lipinski definition) is 4. The van der Waals surface area contributed by atoms with Gasteiger partial charge in [0.15, 0.2) is 0 Å². The van der Waals surface area contributed by atoms with Crippen LogP contribution in [0.3, 0.4) is 0 Å². The Morgan fingerprint density at radius 1 is 1.37 bits per heavy atom. The molecule has 0 aliphatic rings. The Morgan fingerprint density at radius 2 is 2.00 bits per heavy atom. The summed E-state index contributed by atoms with van der Waals surface area (Å²) in [5.74, 6) is -2.81. The molecule has 0 aromatic heterocycles. The van der Waals surface area contributed by atoms with Gasteiger partial charge in [-0.3, -0.25) is 9.59 Å². The summed E-state index contributed by atoms with van der Waals surface area (Å²) in [4.78, 5) is 33.5. The van der Waals surface area contributed by atoms with Crippen LogP contribution in [0.2, 0.25) is 0 Å². The summed E-state index contributed by atoms with van der Waals surface area (Å²) in [6.45, 7) is 1.60. The van der Waals surface area contributed by atoms with Gasteiger partial charge in [-0.15, -0.1) is 0 Å². The third-order valence-electron chi connectivity index (χ3n) is 2.46. The Morgan fingerprint density at radius 3 is 2.47 bits per heavy atom. The van der Waals surface area contributed by atoms with Crippen molar-refractivity contribution in [2.75, 3.05) is 0 Å². The Hall–Kier alpha value is -2.57. The second kappa shape index (κ2) is 5.85. The molecular formula is C12H14N2O5. The van der Waals surface area contributed by atoms with Gasteiger partial charge in [0.05, 0.1) is 6.42 Å². The Balaban J connectivity index is 2.87. The lowest BCUT2D eigenvalue weighted by Crippen LogP contribution is -2.43. The van der Waals surface area contributed by atoms with Crippen molar-refractivity contribution < 1.29 is 24.6 Å². The van der Waals surface area contributed by atoms with E-state index in [4.69, 9.17) is 10.8 Å². The number of benzene rings is 1. The molecule has 0 saturated heterocycles. The molecule has 0 fully saturated rings. The molecular weight excluding hydrogens is 252 g/mol. The minimum atomic E-state index is -1.38. The lowest BCUT2D eigenvalue weighted by Gasteiger charge is -2.14. The van der Waals surface area contributed by atoms with E-state index < -0.39 is 30.2 Å². The van der Waals surface area contributed by atoms with Gasteiger partial charge in [0.1, 0.15) is 11.8 Å². The maximum atomic E-state index is 11.9. The molecule has 7 heteroatoms. The Bertz CT molecular complexity index is 527. The monoisotopic (exact) mass is 266 g/mol. The molecule has 0 aliphatic heterocycles. The van der Waals surface area contributed by atoms with Crippen LogP contribution in [0.4, 0.5) is 0 Å². The van der Waals surface area contributed by atoms with E-state index >= 15 is 0 Å². The number of rotatable bonds is 5. The molecule has 1 rings (SSSR count). The first-order chi connectivity index (χ1) is 8.81. The van der Waals surface area contributed by atoms with Crippen LogP contribution in [0.15, 0.2) is 18.2 Å². The van der Waals surface area contributed by atoms with Crippen molar-refractivity contribution in [3.8, 4) is 5.75 Å². The highest BCUT2D eigenvalue weighted by Gasteiger charge is 2.23. The SMILES string of the molecule is Cc1cc(O)ccc1C(=O)N[C@@H](CC(N)=O)C(=O)O. The van der Waals surface area contributed by atoms with Crippen molar-refractivity contribution in [1.29, 1.82) is 0 Å². The lowest BCUT2D eigenvalue weighted by atomic mass is 10.1. The maximum Gasteiger partial charge on any atom is 0.326 e. The van der Waals surface area contributed by atoms with Crippen molar-refractivity contribution in [3.05, 3.63) is 29.3 Å². The average Bonchev–Trinajstić information content (AvgIpc) is 2.26. The number of carboxylic acids is 1. The molecule has 19 heavy (non-hydrogen) atoms. The third-order valence-corrected chi connectivity index (χ3v) is 2.46. The van der Waals surface area contributed by atoms with Gasteiger partial charge in [-0.1, -0.05) is 0 Å². The number of carbonyl (C=O) groups is 3. The Labute approximate surface area is 109 Å². The highest BCUT2D eigenvalue weighted by atomic mass is 16.4. The summed E-state index contributed by atoms with van der Waals surface area (Å²) >= 11 is 0. The van der Waals surface area contributed by atoms with E-state index in [9.17, 15) is 19.5 Å². The number of nitrogens with one attached hydrogen (secondary N) is 1. The van der Waals surface area contributed by atoms with E-state index in [0.29, 0.717) is 5.56 Å². The van der Waals surface area contributed by atoms with Gasteiger partial charge in [-0.25, -0.2) is 4.79 Å². The first kappa shape index (κ1) is 14.5. The predicted molar refractivity (Wildman–Crippen MR) is 65.5 cm³/mol. The van der Waals surface area contributed by atoms with Gasteiger partial charge >= 0.3 is 5.97 Å². The number of phenols is 1. The number of amides is 2. The molecule has 0 radical (unpaired) electrons. The van der Waals surface area contributed by atoms with Crippen LogP contribution in [-0.2, 0) is 9.59 Å². The van der Waals surface area contributed by atoms with Crippen molar-refractivity contribution in [2.45, 2.75) is 19.4 Å². The first-order valence-corrected chi connectivity index (χ1v) is 5.43. The number of phenolic OH excluding ortho intramolecular Hbond substituents is 1. The number of carboxylic acid groups (broad SMARTS) is 1. The minimum absolute atomic E-state index is 0.000899. The molecule has 1 aromatic carbocycles. The summed E-state index contributed by atoms with van der Waals surface area (Å²) in [7, 11) is 0. The molecule has 1 atom stereocenters. The fourth-order valence-corrected chi connectivity index (χ4v) is 1.54. The normalized spacial score (nSPS) is 11.6. The van der Waals surface area contributed by atoms with Gasteiger partial charge in [-0.2, -0.15) is 0 Å². The molecule has 5 N–H and O–H groups in total. The van der Waals surface area contributed by atoms with Crippen LogP contribution in [0.5, 0.6) is 5.75 Å². The maximum absolute atomic E-state index is 11.9. The fourth-order valence-electron chi connectivity index (χ4n) is 1.54. The molecule has 0 saturated carbocycles. The highest BCUT2D eigenvalue weighted by Crippen LogP contribution is 2.15. The van der Waals surface area contributed by atoms with Crippen LogP contribution in [0.1, 0.15) is 22.3 Å². The summed E-state index contributed by atoms with van der Waals surface area (Å²) in [6.07, 6.45) is -0.488. The van der Waals surface area contributed by atoms with Gasteiger partial charge in [-0.05, 0) is 30.7 Å². The summed E-state index contributed by atoms with van der Waals surface area (Å²) in [5.41, 5.74) is 5.61. The van der Waals surface area contributed by atoms with E-state index in [1.165, 1.54) is 18.2 Å². The van der Waals surface area contributed by atoms with Crippen LogP contribution >= 0.6 is 0 Å². The summed E-state index contributed by atoms with van der Waals surface area (Å²) in [6, 6.07) is 2.67. The van der Waals surface area contributed by atoms with E-state index in [1.54, 1.807) is 6.92 Å². The van der Waals surface area contributed by atoms with Crippen LogP contribution in [-0.4, -0.2) is 34.0 Å². The number of aryl methyl sites for hydroxylation is 1. The van der Waals surface area contributed by atoms with E-state index in [-0.39, 0.29) is 11.3 Å². The second-order valence-electron chi connectivity index (χ2n) is 4.03. The van der Waals surface area contributed by atoms with Crippen LogP contribution in [0.25, 0.3) is 0 Å². The van der Waals surface area contributed by atoms with Gasteiger partial charge in [0, 0.05) is 5.56 Å². The topological polar surface area (TPSA) is 130 Å². The highest BCUT2D eigenvalue weighted by molar-refractivity contribution is 5.98. The molecule has 0 unspecified atom stereocenters. The zero-order valence-electron chi connectivity index (χ0n) is 10.2. The number of hydrogen-bond acceptors (Lipinski definition) is 4. The quantitative estimate of drug-likeness (QED) is 0.584. The molecule has 0 aliphatic carbocycles. The van der Waals surface area contributed by atoms with E-state index in [1.807, 2.05) is 0 Å². The van der Waals surface area contributed by atoms with Crippen molar-refractivity contribution in [1.82, 2.24) is 5.32 Å². The fraction of sp³-hybridized carbons (Fsp3) is 0.250. The lowest BCUT2D eigenvalue weighted by molar-refractivity contribution is -0.140. The van der Waals surface area contributed by atoms with Crippen molar-refractivity contribution >= 4 is 17.8 Å². The van der Waals surface area contributed by atoms with Gasteiger partial charge < -0.3 is 21.3 Å². The van der Waals surface area contributed by atoms with E-state index in [2.05, 4.69) is 5.32 Å². The molecule has 0 heterocycles. The number of aromatic hydroxyl groups is 1. The number of carbonyl (C=O) groups excluding carboxylic acids is 2.